The number of rotatable bonds is 6. The Bertz CT molecular complexity index is 794. The molecule has 1 aliphatic rings. The van der Waals surface area contributed by atoms with Gasteiger partial charge in [-0.2, -0.15) is 0 Å². The predicted molar refractivity (Wildman–Crippen MR) is 101 cm³/mol. The summed E-state index contributed by atoms with van der Waals surface area (Å²) in [6.07, 6.45) is 1.65. The van der Waals surface area contributed by atoms with Crippen LogP contribution in [0.25, 0.3) is 0 Å². The Morgan fingerprint density at radius 1 is 1.30 bits per heavy atom. The van der Waals surface area contributed by atoms with Gasteiger partial charge in [0.15, 0.2) is 11.6 Å². The van der Waals surface area contributed by atoms with E-state index in [1.165, 1.54) is 13.2 Å². The van der Waals surface area contributed by atoms with Crippen LogP contribution in [-0.4, -0.2) is 55.7 Å². The van der Waals surface area contributed by atoms with Crippen LogP contribution in [0.2, 0.25) is 0 Å². The SMILES string of the molecule is CCN(Cc1ccc(OC)c(F)c1)C(=O)c1cc(N2CCOCC2)ccn1. The highest BCUT2D eigenvalue weighted by Gasteiger charge is 2.19. The van der Waals surface area contributed by atoms with E-state index >= 15 is 0 Å². The molecule has 0 unspecified atom stereocenters. The van der Waals surface area contributed by atoms with Crippen molar-refractivity contribution < 1.29 is 18.7 Å². The fraction of sp³-hybridized carbons (Fsp3) is 0.400. The highest BCUT2D eigenvalue weighted by atomic mass is 19.1. The summed E-state index contributed by atoms with van der Waals surface area (Å²) in [4.78, 5) is 21.0. The number of morpholine rings is 1. The first-order valence-corrected chi connectivity index (χ1v) is 9.02. The van der Waals surface area contributed by atoms with Gasteiger partial charge in [-0.05, 0) is 36.8 Å². The Morgan fingerprint density at radius 2 is 2.07 bits per heavy atom. The molecule has 0 atom stereocenters. The Morgan fingerprint density at radius 3 is 2.74 bits per heavy atom. The highest BCUT2D eigenvalue weighted by Crippen LogP contribution is 2.20. The number of amides is 1. The van der Waals surface area contributed by atoms with Gasteiger partial charge >= 0.3 is 0 Å². The molecule has 0 saturated carbocycles. The van der Waals surface area contributed by atoms with E-state index in [4.69, 9.17) is 9.47 Å². The van der Waals surface area contributed by atoms with Crippen LogP contribution in [0.1, 0.15) is 23.0 Å². The molecular formula is C20H24FN3O3. The maximum absolute atomic E-state index is 13.9. The van der Waals surface area contributed by atoms with Crippen LogP contribution in [0.3, 0.4) is 0 Å². The lowest BCUT2D eigenvalue weighted by Crippen LogP contribution is -2.36. The Hall–Kier alpha value is -2.67. The third kappa shape index (κ3) is 4.54. The van der Waals surface area contributed by atoms with Gasteiger partial charge in [0, 0.05) is 38.1 Å². The van der Waals surface area contributed by atoms with Crippen molar-refractivity contribution in [2.24, 2.45) is 0 Å². The number of anilines is 1. The third-order valence-corrected chi connectivity index (χ3v) is 4.60. The van der Waals surface area contributed by atoms with E-state index in [1.807, 2.05) is 19.1 Å². The molecule has 1 amide bonds. The topological polar surface area (TPSA) is 54.9 Å². The second-order valence-electron chi connectivity index (χ2n) is 6.29. The van der Waals surface area contributed by atoms with Crippen molar-refractivity contribution in [1.29, 1.82) is 0 Å². The normalized spacial score (nSPS) is 14.1. The van der Waals surface area contributed by atoms with E-state index in [9.17, 15) is 9.18 Å². The summed E-state index contributed by atoms with van der Waals surface area (Å²) < 4.78 is 24.2. The number of hydrogen-bond acceptors (Lipinski definition) is 5. The Balaban J connectivity index is 1.75. The molecule has 144 valence electrons. The lowest BCUT2D eigenvalue weighted by atomic mass is 10.1. The van der Waals surface area contributed by atoms with Crippen molar-refractivity contribution >= 4 is 11.6 Å². The molecule has 0 bridgehead atoms. The van der Waals surface area contributed by atoms with Crippen molar-refractivity contribution in [1.82, 2.24) is 9.88 Å². The van der Waals surface area contributed by atoms with Crippen molar-refractivity contribution in [2.45, 2.75) is 13.5 Å². The minimum Gasteiger partial charge on any atom is -0.494 e. The number of nitrogens with zero attached hydrogens (tertiary/aromatic N) is 3. The van der Waals surface area contributed by atoms with Gasteiger partial charge in [-0.1, -0.05) is 6.07 Å². The standard InChI is InChI=1S/C20H24FN3O3/c1-3-23(14-15-4-5-19(26-2)17(21)12-15)20(25)18-13-16(6-7-22-18)24-8-10-27-11-9-24/h4-7,12-13H,3,8-11,14H2,1-2H3. The molecule has 1 saturated heterocycles. The second kappa shape index (κ2) is 8.81. The fourth-order valence-corrected chi connectivity index (χ4v) is 3.07. The van der Waals surface area contributed by atoms with Gasteiger partial charge in [0.1, 0.15) is 5.69 Å². The van der Waals surface area contributed by atoms with Crippen LogP contribution >= 0.6 is 0 Å². The molecule has 0 aliphatic carbocycles. The monoisotopic (exact) mass is 373 g/mol. The van der Waals surface area contributed by atoms with Crippen LogP contribution in [-0.2, 0) is 11.3 Å². The first-order valence-electron chi connectivity index (χ1n) is 9.02. The fourth-order valence-electron chi connectivity index (χ4n) is 3.07. The summed E-state index contributed by atoms with van der Waals surface area (Å²) in [5, 5.41) is 0. The Kier molecular flexibility index (Phi) is 6.24. The van der Waals surface area contributed by atoms with E-state index in [-0.39, 0.29) is 11.7 Å². The van der Waals surface area contributed by atoms with Crippen molar-refractivity contribution in [2.75, 3.05) is 44.9 Å². The lowest BCUT2D eigenvalue weighted by Gasteiger charge is -2.29. The number of aromatic nitrogens is 1. The van der Waals surface area contributed by atoms with Crippen molar-refractivity contribution in [3.05, 3.63) is 53.6 Å². The number of benzene rings is 1. The van der Waals surface area contributed by atoms with E-state index in [2.05, 4.69) is 9.88 Å². The summed E-state index contributed by atoms with van der Waals surface area (Å²) in [5.41, 5.74) is 2.05. The molecule has 1 aromatic carbocycles. The summed E-state index contributed by atoms with van der Waals surface area (Å²) in [6.45, 7) is 5.63. The zero-order valence-corrected chi connectivity index (χ0v) is 15.7. The minimum atomic E-state index is -0.439. The molecule has 7 heteroatoms. The molecule has 0 N–H and O–H groups in total. The molecule has 6 nitrogen and oxygen atoms in total. The molecule has 1 fully saturated rings. The average Bonchev–Trinajstić information content (AvgIpc) is 2.72. The summed E-state index contributed by atoms with van der Waals surface area (Å²) >= 11 is 0. The van der Waals surface area contributed by atoms with Gasteiger partial charge in [-0.15, -0.1) is 0 Å². The van der Waals surface area contributed by atoms with Gasteiger partial charge in [0.05, 0.1) is 20.3 Å². The second-order valence-corrected chi connectivity index (χ2v) is 6.29. The van der Waals surface area contributed by atoms with Gasteiger partial charge in [-0.3, -0.25) is 9.78 Å². The first-order chi connectivity index (χ1) is 13.1. The molecule has 0 radical (unpaired) electrons. The number of hydrogen-bond donors (Lipinski definition) is 0. The molecule has 3 rings (SSSR count). The summed E-state index contributed by atoms with van der Waals surface area (Å²) in [5.74, 6) is -0.428. The summed E-state index contributed by atoms with van der Waals surface area (Å²) in [6, 6.07) is 8.43. The molecule has 0 spiro atoms. The number of ether oxygens (including phenoxy) is 2. The minimum absolute atomic E-state index is 0.177. The molecule has 1 aromatic heterocycles. The lowest BCUT2D eigenvalue weighted by molar-refractivity contribution is 0.0746. The third-order valence-electron chi connectivity index (χ3n) is 4.60. The van der Waals surface area contributed by atoms with E-state index < -0.39 is 5.82 Å². The van der Waals surface area contributed by atoms with Crippen molar-refractivity contribution in [3.63, 3.8) is 0 Å². The maximum Gasteiger partial charge on any atom is 0.272 e. The molecule has 2 aromatic rings. The zero-order chi connectivity index (χ0) is 19.2. The number of carbonyl (C=O) groups is 1. The first kappa shape index (κ1) is 19.1. The molecular weight excluding hydrogens is 349 g/mol. The van der Waals surface area contributed by atoms with Crippen LogP contribution in [0, 0.1) is 5.82 Å². The van der Waals surface area contributed by atoms with Gasteiger partial charge in [-0.25, -0.2) is 4.39 Å². The number of carbonyl (C=O) groups excluding carboxylic acids is 1. The largest absolute Gasteiger partial charge is 0.494 e. The quantitative estimate of drug-likeness (QED) is 0.779. The van der Waals surface area contributed by atoms with Crippen LogP contribution in [0.5, 0.6) is 5.75 Å². The number of pyridine rings is 1. The van der Waals surface area contributed by atoms with E-state index in [0.29, 0.717) is 37.6 Å². The maximum atomic E-state index is 13.9. The van der Waals surface area contributed by atoms with Gasteiger partial charge in [0.25, 0.3) is 5.91 Å². The van der Waals surface area contributed by atoms with Gasteiger partial charge in [0.2, 0.25) is 0 Å². The van der Waals surface area contributed by atoms with Crippen LogP contribution in [0.15, 0.2) is 36.5 Å². The molecule has 27 heavy (non-hydrogen) atoms. The predicted octanol–water partition coefficient (Wildman–Crippen LogP) is 2.73. The molecule has 2 heterocycles. The molecule has 1 aliphatic heterocycles. The smallest absolute Gasteiger partial charge is 0.272 e. The van der Waals surface area contributed by atoms with E-state index in [0.717, 1.165) is 18.8 Å². The van der Waals surface area contributed by atoms with Crippen molar-refractivity contribution in [3.8, 4) is 5.75 Å². The number of halogens is 1. The van der Waals surface area contributed by atoms with E-state index in [1.54, 1.807) is 23.2 Å². The highest BCUT2D eigenvalue weighted by molar-refractivity contribution is 5.93. The Labute approximate surface area is 158 Å². The average molecular weight is 373 g/mol. The zero-order valence-electron chi connectivity index (χ0n) is 15.7. The number of methoxy groups -OCH3 is 1. The van der Waals surface area contributed by atoms with Crippen LogP contribution < -0.4 is 9.64 Å². The van der Waals surface area contributed by atoms with Gasteiger partial charge < -0.3 is 19.3 Å². The summed E-state index contributed by atoms with van der Waals surface area (Å²) in [7, 11) is 1.42. The van der Waals surface area contributed by atoms with Crippen LogP contribution in [0.4, 0.5) is 10.1 Å².